The van der Waals surface area contributed by atoms with Crippen LogP contribution in [0.5, 0.6) is 0 Å². The van der Waals surface area contributed by atoms with E-state index in [9.17, 15) is 19.8 Å². The molecule has 5 nitrogen and oxygen atoms in total. The molecule has 102 valence electrons. The lowest BCUT2D eigenvalue weighted by Gasteiger charge is -2.06. The zero-order chi connectivity index (χ0) is 14.6. The zero-order valence-corrected chi connectivity index (χ0v) is 11.8. The Kier molecular flexibility index (Phi) is 12.7. The van der Waals surface area contributed by atoms with Gasteiger partial charge in [0.05, 0.1) is 11.9 Å². The molecule has 0 aromatic rings. The van der Waals surface area contributed by atoms with E-state index in [-0.39, 0.29) is 11.1 Å². The fourth-order valence-corrected chi connectivity index (χ4v) is 1.34. The minimum absolute atomic E-state index is 0.0648. The number of carboxylic acid groups (broad SMARTS) is 2. The molecule has 1 fully saturated rings. The molecule has 0 aromatic heterocycles. The molecule has 0 spiro atoms. The van der Waals surface area contributed by atoms with Crippen LogP contribution in [-0.4, -0.2) is 28.3 Å². The Labute approximate surface area is 110 Å². The van der Waals surface area contributed by atoms with Gasteiger partial charge in [0.15, 0.2) is 0 Å². The molecule has 1 heterocycles. The van der Waals surface area contributed by atoms with Gasteiger partial charge >= 0.3 is 0 Å². The highest BCUT2D eigenvalue weighted by Crippen LogP contribution is 2.01. The summed E-state index contributed by atoms with van der Waals surface area (Å²) in [6.07, 6.45) is 2.67. The quantitative estimate of drug-likeness (QED) is 0.496. The molecule has 1 rings (SSSR count). The van der Waals surface area contributed by atoms with E-state index in [0.717, 1.165) is 16.4 Å². The van der Waals surface area contributed by atoms with E-state index in [1.807, 2.05) is 0 Å². The van der Waals surface area contributed by atoms with E-state index in [0.29, 0.717) is 0 Å². The van der Waals surface area contributed by atoms with Crippen LogP contribution in [0.25, 0.3) is 0 Å². The van der Waals surface area contributed by atoms with Gasteiger partial charge in [0.25, 0.3) is 0 Å². The van der Waals surface area contributed by atoms with Crippen molar-refractivity contribution in [2.75, 3.05) is 6.61 Å². The molecule has 1 saturated heterocycles. The maximum atomic E-state index is 9.49. The Morgan fingerprint density at radius 2 is 1.44 bits per heavy atom. The topological polar surface area (TPSA) is 89.5 Å². The summed E-state index contributed by atoms with van der Waals surface area (Å²) in [5.41, 5.74) is 0.130. The third kappa shape index (κ3) is 17.0. The van der Waals surface area contributed by atoms with Crippen LogP contribution in [-0.2, 0) is 14.0 Å². The smallest absolute Gasteiger partial charge is 0.229 e. The first-order valence-electron chi connectivity index (χ1n) is 5.37. The van der Waals surface area contributed by atoms with Crippen molar-refractivity contribution in [1.29, 1.82) is 0 Å². The van der Waals surface area contributed by atoms with Crippen LogP contribution in [0.2, 0.25) is 6.04 Å². The average molecular weight is 270 g/mol. The summed E-state index contributed by atoms with van der Waals surface area (Å²) in [5.74, 6) is -2.37. The van der Waals surface area contributed by atoms with Gasteiger partial charge < -0.3 is 24.2 Å². The van der Waals surface area contributed by atoms with Crippen molar-refractivity contribution >= 4 is 21.7 Å². The van der Waals surface area contributed by atoms with Crippen molar-refractivity contribution in [2.45, 2.75) is 32.7 Å². The van der Waals surface area contributed by atoms with Crippen molar-refractivity contribution in [3.63, 3.8) is 0 Å². The van der Waals surface area contributed by atoms with Crippen LogP contribution >= 0.6 is 0 Å². The SMILES string of the molecule is C1CC[Si]OC1.C=C(C)C(=O)[O-].C=C(C)C(=O)[O-]. The van der Waals surface area contributed by atoms with Crippen LogP contribution in [0.1, 0.15) is 26.7 Å². The first-order valence-corrected chi connectivity index (χ1v) is 6.49. The van der Waals surface area contributed by atoms with E-state index in [1.165, 1.54) is 32.7 Å². The second-order valence-electron chi connectivity index (χ2n) is 3.59. The second kappa shape index (κ2) is 12.1. The fraction of sp³-hybridized carbons (Fsp3) is 0.500. The normalized spacial score (nSPS) is 13.0. The number of aliphatic carboxylic acids is 2. The molecule has 1 aliphatic rings. The molecule has 0 bridgehead atoms. The van der Waals surface area contributed by atoms with Crippen LogP contribution < -0.4 is 10.2 Å². The summed E-state index contributed by atoms with van der Waals surface area (Å²) in [4.78, 5) is 19.0. The summed E-state index contributed by atoms with van der Waals surface area (Å²) >= 11 is 0. The molecule has 0 atom stereocenters. The summed E-state index contributed by atoms with van der Waals surface area (Å²) in [6, 6.07) is 1.31. The predicted molar refractivity (Wildman–Crippen MR) is 65.4 cm³/mol. The van der Waals surface area contributed by atoms with Crippen molar-refractivity contribution in [2.24, 2.45) is 0 Å². The molecule has 0 N–H and O–H groups in total. The molecule has 2 radical (unpaired) electrons. The Morgan fingerprint density at radius 1 is 1.06 bits per heavy atom. The van der Waals surface area contributed by atoms with Gasteiger partial charge in [-0.15, -0.1) is 0 Å². The second-order valence-corrected chi connectivity index (χ2v) is 4.66. The predicted octanol–water partition coefficient (Wildman–Crippen LogP) is -0.541. The highest BCUT2D eigenvalue weighted by atomic mass is 28.2. The van der Waals surface area contributed by atoms with Crippen molar-refractivity contribution < 1.29 is 24.2 Å². The fourth-order valence-electron chi connectivity index (χ4n) is 0.516. The third-order valence-electron chi connectivity index (χ3n) is 1.57. The first-order chi connectivity index (χ1) is 8.29. The van der Waals surface area contributed by atoms with Gasteiger partial charge in [-0.1, -0.05) is 19.6 Å². The van der Waals surface area contributed by atoms with Crippen LogP contribution in [0.4, 0.5) is 0 Å². The van der Waals surface area contributed by atoms with Gasteiger partial charge in [-0.25, -0.2) is 0 Å². The number of hydrogen-bond acceptors (Lipinski definition) is 5. The van der Waals surface area contributed by atoms with Gasteiger partial charge in [-0.2, -0.15) is 0 Å². The molecule has 0 saturated carbocycles. The lowest BCUT2D eigenvalue weighted by atomic mass is 10.4. The molecule has 6 heteroatoms. The Balaban J connectivity index is 0. The standard InChI is InChI=1S/2C4H6O2.C4H8OSi/c2*1-3(2)4(5)6;1-2-4-6-5-3-1/h2*1H2,2H3,(H,5,6);1-4H2/p-2. The lowest BCUT2D eigenvalue weighted by molar-refractivity contribution is -0.300. The van der Waals surface area contributed by atoms with E-state index in [1.54, 1.807) is 0 Å². The number of carbonyl (C=O) groups is 2. The van der Waals surface area contributed by atoms with Crippen LogP contribution in [0.15, 0.2) is 24.3 Å². The summed E-state index contributed by atoms with van der Waals surface area (Å²) in [7, 11) is 0.802. The number of hydrogen-bond donors (Lipinski definition) is 0. The molecule has 0 aromatic carbocycles. The summed E-state index contributed by atoms with van der Waals surface area (Å²) < 4.78 is 5.10. The molecule has 0 unspecified atom stereocenters. The van der Waals surface area contributed by atoms with Crippen LogP contribution in [0, 0.1) is 0 Å². The number of carboxylic acids is 2. The summed E-state index contributed by atoms with van der Waals surface area (Å²) in [6.45, 7) is 9.97. The lowest BCUT2D eigenvalue weighted by Crippen LogP contribution is -2.22. The van der Waals surface area contributed by atoms with Crippen molar-refractivity contribution in [3.05, 3.63) is 24.3 Å². The maximum absolute atomic E-state index is 9.49. The minimum atomic E-state index is -1.19. The van der Waals surface area contributed by atoms with E-state index >= 15 is 0 Å². The Hall–Kier alpha value is -1.40. The van der Waals surface area contributed by atoms with Gasteiger partial charge in [0.2, 0.25) is 9.76 Å². The Bertz CT molecular complexity index is 235. The zero-order valence-electron chi connectivity index (χ0n) is 10.8. The number of carbonyl (C=O) groups excluding carboxylic acids is 2. The highest BCUT2D eigenvalue weighted by Gasteiger charge is 1.97. The summed E-state index contributed by atoms with van der Waals surface area (Å²) in [5, 5.41) is 19.0. The monoisotopic (exact) mass is 270 g/mol. The van der Waals surface area contributed by atoms with Gasteiger partial charge in [-0.3, -0.25) is 0 Å². The first kappa shape index (κ1) is 18.9. The molecular weight excluding hydrogens is 252 g/mol. The maximum Gasteiger partial charge on any atom is 0.229 e. The molecule has 1 aliphatic heterocycles. The Morgan fingerprint density at radius 3 is 1.50 bits per heavy atom. The van der Waals surface area contributed by atoms with Gasteiger partial charge in [-0.05, 0) is 37.5 Å². The number of rotatable bonds is 2. The highest BCUT2D eigenvalue weighted by molar-refractivity contribution is 6.27. The van der Waals surface area contributed by atoms with Crippen LogP contribution in [0.3, 0.4) is 0 Å². The van der Waals surface area contributed by atoms with E-state index in [2.05, 4.69) is 13.2 Å². The molecule has 0 aliphatic carbocycles. The van der Waals surface area contributed by atoms with E-state index in [4.69, 9.17) is 4.43 Å². The molecule has 0 amide bonds. The minimum Gasteiger partial charge on any atom is -0.545 e. The van der Waals surface area contributed by atoms with Gasteiger partial charge in [0, 0.05) is 6.61 Å². The van der Waals surface area contributed by atoms with Crippen molar-refractivity contribution in [1.82, 2.24) is 0 Å². The molecular formula is C12H18O5Si-2. The third-order valence-corrected chi connectivity index (χ3v) is 2.54. The van der Waals surface area contributed by atoms with E-state index < -0.39 is 11.9 Å². The van der Waals surface area contributed by atoms with Crippen molar-refractivity contribution in [3.8, 4) is 0 Å². The van der Waals surface area contributed by atoms with Gasteiger partial charge in [0.1, 0.15) is 0 Å². The molecule has 18 heavy (non-hydrogen) atoms. The average Bonchev–Trinajstić information content (AvgIpc) is 2.32. The largest absolute Gasteiger partial charge is 0.545 e.